The van der Waals surface area contributed by atoms with Gasteiger partial charge in [0.25, 0.3) is 0 Å². The van der Waals surface area contributed by atoms with E-state index in [2.05, 4.69) is 29.1 Å². The van der Waals surface area contributed by atoms with Crippen molar-refractivity contribution in [3.63, 3.8) is 0 Å². The van der Waals surface area contributed by atoms with E-state index in [-0.39, 0.29) is 12.6 Å². The van der Waals surface area contributed by atoms with Crippen LogP contribution in [0.5, 0.6) is 0 Å². The molecule has 4 nitrogen and oxygen atoms in total. The number of nitrogens with one attached hydrogen (secondary N) is 1. The average Bonchev–Trinajstić information content (AvgIpc) is 2.77. The Kier molecular flexibility index (Phi) is 3.91. The van der Waals surface area contributed by atoms with Gasteiger partial charge in [0.15, 0.2) is 0 Å². The first kappa shape index (κ1) is 12.3. The third kappa shape index (κ3) is 2.73. The lowest BCUT2D eigenvalue weighted by Gasteiger charge is -2.22. The molecule has 0 aliphatic rings. The van der Waals surface area contributed by atoms with E-state index in [1.54, 1.807) is 17.7 Å². The summed E-state index contributed by atoms with van der Waals surface area (Å²) >= 11 is 1.64. The van der Waals surface area contributed by atoms with Crippen LogP contribution in [0.25, 0.3) is 10.2 Å². The quantitative estimate of drug-likeness (QED) is 0.857. The van der Waals surface area contributed by atoms with Gasteiger partial charge in [0.2, 0.25) is 0 Å². The van der Waals surface area contributed by atoms with Crippen LogP contribution in [0.2, 0.25) is 0 Å². The van der Waals surface area contributed by atoms with Gasteiger partial charge in [0.05, 0.1) is 10.2 Å². The molecule has 92 valence electrons. The van der Waals surface area contributed by atoms with Crippen LogP contribution in [0, 0.1) is 5.92 Å². The molecule has 1 atom stereocenters. The Bertz CT molecular complexity index is 483. The standard InChI is InChI=1S/C12H17N3OS/c1-8(2)9(3-5-16)15-12-11-10(4-6-17-11)13-7-14-12/h4,6-9,16H,3,5H2,1-2H3,(H,13,14,15). The normalized spacial score (nSPS) is 13.2. The van der Waals surface area contributed by atoms with E-state index in [0.29, 0.717) is 5.92 Å². The highest BCUT2D eigenvalue weighted by Crippen LogP contribution is 2.26. The number of aliphatic hydroxyl groups is 1. The van der Waals surface area contributed by atoms with Gasteiger partial charge in [-0.3, -0.25) is 0 Å². The molecule has 5 heteroatoms. The molecule has 0 radical (unpaired) electrons. The smallest absolute Gasteiger partial charge is 0.147 e. The first-order valence-electron chi connectivity index (χ1n) is 5.78. The number of rotatable bonds is 5. The Balaban J connectivity index is 2.24. The van der Waals surface area contributed by atoms with Gasteiger partial charge in [-0.15, -0.1) is 11.3 Å². The summed E-state index contributed by atoms with van der Waals surface area (Å²) < 4.78 is 1.08. The van der Waals surface area contributed by atoms with Crippen LogP contribution in [-0.4, -0.2) is 27.7 Å². The van der Waals surface area contributed by atoms with Gasteiger partial charge in [0.1, 0.15) is 12.1 Å². The van der Waals surface area contributed by atoms with Crippen LogP contribution in [0.4, 0.5) is 5.82 Å². The van der Waals surface area contributed by atoms with Crippen molar-refractivity contribution in [1.82, 2.24) is 9.97 Å². The molecule has 0 amide bonds. The minimum absolute atomic E-state index is 0.189. The molecule has 0 bridgehead atoms. The first-order valence-corrected chi connectivity index (χ1v) is 6.66. The van der Waals surface area contributed by atoms with Gasteiger partial charge in [0, 0.05) is 12.6 Å². The predicted molar refractivity (Wildman–Crippen MR) is 71.4 cm³/mol. The average molecular weight is 251 g/mol. The number of hydrogen-bond acceptors (Lipinski definition) is 5. The summed E-state index contributed by atoms with van der Waals surface area (Å²) in [5.41, 5.74) is 0.971. The van der Waals surface area contributed by atoms with Crippen LogP contribution in [0.1, 0.15) is 20.3 Å². The summed E-state index contributed by atoms with van der Waals surface area (Å²) in [6.07, 6.45) is 2.31. The third-order valence-corrected chi connectivity index (χ3v) is 3.72. The molecule has 0 aliphatic carbocycles. The maximum absolute atomic E-state index is 9.07. The fraction of sp³-hybridized carbons (Fsp3) is 0.500. The lowest BCUT2D eigenvalue weighted by molar-refractivity contribution is 0.267. The summed E-state index contributed by atoms with van der Waals surface area (Å²) in [4.78, 5) is 8.50. The highest BCUT2D eigenvalue weighted by molar-refractivity contribution is 7.17. The van der Waals surface area contributed by atoms with Gasteiger partial charge in [-0.1, -0.05) is 13.8 Å². The van der Waals surface area contributed by atoms with Crippen molar-refractivity contribution in [2.45, 2.75) is 26.3 Å². The minimum atomic E-state index is 0.189. The maximum Gasteiger partial charge on any atom is 0.147 e. The maximum atomic E-state index is 9.07. The molecular weight excluding hydrogens is 234 g/mol. The molecule has 17 heavy (non-hydrogen) atoms. The molecule has 2 N–H and O–H groups in total. The Morgan fingerprint density at radius 2 is 2.24 bits per heavy atom. The van der Waals surface area contributed by atoms with Crippen LogP contribution in [0.15, 0.2) is 17.8 Å². The van der Waals surface area contributed by atoms with Crippen molar-refractivity contribution in [2.75, 3.05) is 11.9 Å². The Morgan fingerprint density at radius 3 is 2.94 bits per heavy atom. The number of thiophene rings is 1. The van der Waals surface area contributed by atoms with E-state index in [4.69, 9.17) is 5.11 Å². The molecule has 2 heterocycles. The predicted octanol–water partition coefficient (Wildman–Crippen LogP) is 2.51. The number of nitrogens with zero attached hydrogens (tertiary/aromatic N) is 2. The van der Waals surface area contributed by atoms with Gasteiger partial charge in [-0.25, -0.2) is 9.97 Å². The van der Waals surface area contributed by atoms with Crippen molar-refractivity contribution in [2.24, 2.45) is 5.92 Å². The van der Waals surface area contributed by atoms with Gasteiger partial charge < -0.3 is 10.4 Å². The van der Waals surface area contributed by atoms with Crippen LogP contribution >= 0.6 is 11.3 Å². The fourth-order valence-electron chi connectivity index (χ4n) is 1.78. The summed E-state index contributed by atoms with van der Waals surface area (Å²) in [5.74, 6) is 1.32. The number of anilines is 1. The lowest BCUT2D eigenvalue weighted by Crippen LogP contribution is -2.27. The largest absolute Gasteiger partial charge is 0.396 e. The monoisotopic (exact) mass is 251 g/mol. The second kappa shape index (κ2) is 5.42. The zero-order chi connectivity index (χ0) is 12.3. The summed E-state index contributed by atoms with van der Waals surface area (Å²) in [7, 11) is 0. The van der Waals surface area contributed by atoms with Crippen molar-refractivity contribution >= 4 is 27.4 Å². The van der Waals surface area contributed by atoms with E-state index in [9.17, 15) is 0 Å². The molecule has 0 saturated carbocycles. The Labute approximate surface area is 105 Å². The number of aliphatic hydroxyl groups excluding tert-OH is 1. The van der Waals surface area contributed by atoms with Gasteiger partial charge in [-0.05, 0) is 23.8 Å². The molecular formula is C12H17N3OS. The molecule has 0 spiro atoms. The van der Waals surface area contributed by atoms with Gasteiger partial charge in [-0.2, -0.15) is 0 Å². The highest BCUT2D eigenvalue weighted by Gasteiger charge is 2.15. The molecule has 1 unspecified atom stereocenters. The van der Waals surface area contributed by atoms with Crippen molar-refractivity contribution in [1.29, 1.82) is 0 Å². The summed E-state index contributed by atoms with van der Waals surface area (Å²) in [6, 6.07) is 2.23. The summed E-state index contributed by atoms with van der Waals surface area (Å²) in [5, 5.41) is 14.5. The SMILES string of the molecule is CC(C)C(CCO)Nc1ncnc2ccsc12. The van der Waals surface area contributed by atoms with Crippen molar-refractivity contribution in [3.8, 4) is 0 Å². The number of aromatic nitrogens is 2. The van der Waals surface area contributed by atoms with Crippen LogP contribution in [0.3, 0.4) is 0 Å². The molecule has 2 aromatic rings. The van der Waals surface area contributed by atoms with E-state index >= 15 is 0 Å². The van der Waals surface area contributed by atoms with E-state index in [1.807, 2.05) is 11.4 Å². The topological polar surface area (TPSA) is 58.0 Å². The number of hydrogen-bond donors (Lipinski definition) is 2. The lowest BCUT2D eigenvalue weighted by atomic mass is 10.0. The first-order chi connectivity index (χ1) is 8.22. The molecule has 0 aliphatic heterocycles. The van der Waals surface area contributed by atoms with Crippen molar-refractivity contribution < 1.29 is 5.11 Å². The molecule has 0 aromatic carbocycles. The fourth-order valence-corrected chi connectivity index (χ4v) is 2.58. The minimum Gasteiger partial charge on any atom is -0.396 e. The second-order valence-corrected chi connectivity index (χ2v) is 5.28. The molecule has 2 rings (SSSR count). The third-order valence-electron chi connectivity index (χ3n) is 2.81. The zero-order valence-corrected chi connectivity index (χ0v) is 10.9. The second-order valence-electron chi connectivity index (χ2n) is 4.36. The van der Waals surface area contributed by atoms with E-state index < -0.39 is 0 Å². The van der Waals surface area contributed by atoms with E-state index in [1.165, 1.54) is 0 Å². The van der Waals surface area contributed by atoms with E-state index in [0.717, 1.165) is 22.5 Å². The summed E-state index contributed by atoms with van der Waals surface area (Å²) in [6.45, 7) is 4.47. The molecule has 0 fully saturated rings. The van der Waals surface area contributed by atoms with Crippen molar-refractivity contribution in [3.05, 3.63) is 17.8 Å². The molecule has 2 aromatic heterocycles. The van der Waals surface area contributed by atoms with Crippen LogP contribution in [-0.2, 0) is 0 Å². The molecule has 0 saturated heterocycles. The Morgan fingerprint density at radius 1 is 1.41 bits per heavy atom. The Hall–Kier alpha value is -1.20. The van der Waals surface area contributed by atoms with Crippen LogP contribution < -0.4 is 5.32 Å². The van der Waals surface area contributed by atoms with Gasteiger partial charge >= 0.3 is 0 Å². The highest BCUT2D eigenvalue weighted by atomic mass is 32.1. The zero-order valence-electron chi connectivity index (χ0n) is 10.1. The number of fused-ring (bicyclic) bond motifs is 1.